The molecule has 2 heterocycles. The van der Waals surface area contributed by atoms with Crippen molar-refractivity contribution in [1.82, 2.24) is 0 Å². The van der Waals surface area contributed by atoms with Crippen LogP contribution in [0.5, 0.6) is 0 Å². The second-order valence-corrected chi connectivity index (χ2v) is 23.3. The minimum absolute atomic E-state index is 0.245. The third-order valence-electron chi connectivity index (χ3n) is 15.4. The molecule has 4 heteroatoms. The smallest absolute Gasteiger partial charge is 0.151 e. The Bertz CT molecular complexity index is 2780. The molecule has 364 valence electrons. The fraction of sp³-hybridized carbons (Fsp3) is 0.446. The minimum Gasteiger partial charge on any atom is -0.314 e. The molecule has 69 heavy (non-hydrogen) atoms. The molecule has 0 aromatic heterocycles. The molecule has 2 aliphatic rings. The largest absolute Gasteiger partial charge is 0.314 e. The Morgan fingerprint density at radius 3 is 0.957 bits per heavy atom. The fourth-order valence-corrected chi connectivity index (χ4v) is 10.8. The lowest BCUT2D eigenvalue weighted by molar-refractivity contribution is 0.546. The highest BCUT2D eigenvalue weighted by atomic mass is 15.5. The summed E-state index contributed by atoms with van der Waals surface area (Å²) in [6.45, 7) is 44.6. The number of fused-ring (bicyclic) bond motifs is 2. The van der Waals surface area contributed by atoms with E-state index in [4.69, 9.17) is 0 Å². The minimum atomic E-state index is -0.246. The number of anilines is 8. The molecule has 0 saturated heterocycles. The van der Waals surface area contributed by atoms with Crippen LogP contribution in [0.15, 0.2) is 103 Å². The van der Waals surface area contributed by atoms with Crippen LogP contribution in [0.2, 0.25) is 0 Å². The summed E-state index contributed by atoms with van der Waals surface area (Å²) in [4.78, 5) is 11.2. The third kappa shape index (κ3) is 9.23. The van der Waals surface area contributed by atoms with E-state index >= 15 is 0 Å². The molecular weight excluding hydrogens is 837 g/mol. The van der Waals surface area contributed by atoms with E-state index in [-0.39, 0.29) is 12.3 Å². The Balaban J connectivity index is 1.61. The summed E-state index contributed by atoms with van der Waals surface area (Å²) >= 11 is 0. The van der Waals surface area contributed by atoms with E-state index in [0.29, 0.717) is 47.3 Å². The third-order valence-corrected chi connectivity index (χ3v) is 15.4. The topological polar surface area (TPSA) is 13.0 Å². The van der Waals surface area contributed by atoms with Crippen LogP contribution >= 0.6 is 0 Å². The zero-order valence-electron chi connectivity index (χ0n) is 45.9. The first-order chi connectivity index (χ1) is 32.6. The van der Waals surface area contributed by atoms with E-state index in [1.54, 1.807) is 0 Å². The van der Waals surface area contributed by atoms with Crippen molar-refractivity contribution in [2.24, 2.45) is 0 Å². The van der Waals surface area contributed by atoms with Crippen LogP contribution in [-0.4, -0.2) is 12.3 Å². The lowest BCUT2D eigenvalue weighted by atomic mass is 9.93. The monoisotopic (exact) mass is 921 g/mol. The van der Waals surface area contributed by atoms with Crippen LogP contribution < -0.4 is 19.6 Å². The van der Waals surface area contributed by atoms with Crippen LogP contribution in [0.1, 0.15) is 219 Å². The van der Waals surface area contributed by atoms with Gasteiger partial charge >= 0.3 is 0 Å². The molecule has 2 unspecified atom stereocenters. The van der Waals surface area contributed by atoms with Gasteiger partial charge in [-0.2, -0.15) is 0 Å². The highest BCUT2D eigenvalue weighted by molar-refractivity contribution is 5.96. The summed E-state index contributed by atoms with van der Waals surface area (Å²) < 4.78 is 0. The van der Waals surface area contributed by atoms with Gasteiger partial charge in [-0.1, -0.05) is 153 Å². The van der Waals surface area contributed by atoms with Crippen LogP contribution in [0.25, 0.3) is 0 Å². The molecule has 0 amide bonds. The number of benzene rings is 6. The Morgan fingerprint density at radius 1 is 0.275 bits per heavy atom. The van der Waals surface area contributed by atoms with Gasteiger partial charge in [0.25, 0.3) is 0 Å². The van der Waals surface area contributed by atoms with E-state index < -0.39 is 0 Å². The molecule has 0 fully saturated rings. The lowest BCUT2D eigenvalue weighted by Gasteiger charge is -2.46. The molecule has 0 bridgehead atoms. The van der Waals surface area contributed by atoms with Crippen molar-refractivity contribution in [1.29, 1.82) is 0 Å². The number of aryl methyl sites for hydroxylation is 3. The standard InChI is InChI=1S/C65H84N4/c1-37(2)48-21-23-56(43(13)14)59(35-48)68-61-26-45(17)20-25-58(61)66(54-31-50(39(5)6)29-51(32-54)40(7)8)64(68)65-67(55-33-52(41(9)10)30-53(34-55)42(11)12)62-27-46(18)47(19)28-63(62)69(65)60-36-49(38(3)4)22-24-57(60)44(15)16/h20-44,64-65H,1-19H3. The van der Waals surface area contributed by atoms with Crippen molar-refractivity contribution < 1.29 is 0 Å². The summed E-state index contributed by atoms with van der Waals surface area (Å²) in [5.74, 6) is 2.78. The van der Waals surface area contributed by atoms with E-state index in [2.05, 4.69) is 254 Å². The van der Waals surface area contributed by atoms with Gasteiger partial charge in [0.05, 0.1) is 22.7 Å². The van der Waals surface area contributed by atoms with Crippen molar-refractivity contribution in [3.05, 3.63) is 164 Å². The maximum atomic E-state index is 2.81. The normalized spacial score (nSPS) is 16.1. The summed E-state index contributed by atoms with van der Waals surface area (Å²) in [6.07, 6.45) is -0.491. The van der Waals surface area contributed by atoms with E-state index in [9.17, 15) is 0 Å². The first-order valence-electron chi connectivity index (χ1n) is 26.5. The van der Waals surface area contributed by atoms with E-state index in [0.717, 1.165) is 0 Å². The molecule has 6 aromatic carbocycles. The van der Waals surface area contributed by atoms with Crippen molar-refractivity contribution in [2.75, 3.05) is 19.6 Å². The van der Waals surface area contributed by atoms with Gasteiger partial charge in [0, 0.05) is 22.7 Å². The first kappa shape index (κ1) is 49.9. The second-order valence-electron chi connectivity index (χ2n) is 23.3. The van der Waals surface area contributed by atoms with Crippen LogP contribution in [0, 0.1) is 20.8 Å². The molecule has 0 radical (unpaired) electrons. The van der Waals surface area contributed by atoms with Crippen molar-refractivity contribution in [3.63, 3.8) is 0 Å². The van der Waals surface area contributed by atoms with Gasteiger partial charge in [-0.25, -0.2) is 0 Å². The van der Waals surface area contributed by atoms with Crippen molar-refractivity contribution in [2.45, 2.75) is 191 Å². The Kier molecular flexibility index (Phi) is 14.0. The van der Waals surface area contributed by atoms with Crippen LogP contribution in [0.4, 0.5) is 45.5 Å². The van der Waals surface area contributed by atoms with Gasteiger partial charge in [0.2, 0.25) is 0 Å². The molecule has 0 saturated carbocycles. The van der Waals surface area contributed by atoms with Gasteiger partial charge in [-0.15, -0.1) is 0 Å². The maximum Gasteiger partial charge on any atom is 0.151 e. The lowest BCUT2D eigenvalue weighted by Crippen LogP contribution is -2.58. The predicted molar refractivity (Wildman–Crippen MR) is 302 cm³/mol. The summed E-state index contributed by atoms with van der Waals surface area (Å²) in [7, 11) is 0. The molecule has 2 aliphatic heterocycles. The SMILES string of the molecule is Cc1ccc2c(c1)N(c1cc(C(C)C)ccc1C(C)C)C(C1N(c3cc(C(C)C)cc(C(C)C)c3)c3cc(C)c(C)cc3N1c1cc(C(C)C)ccc1C(C)C)N2c1cc(C(C)C)cc(C(C)C)c1. The average molecular weight is 921 g/mol. The number of hydrogen-bond acceptors (Lipinski definition) is 4. The summed E-state index contributed by atoms with van der Waals surface area (Å²) in [5, 5.41) is 0. The zero-order chi connectivity index (χ0) is 50.1. The van der Waals surface area contributed by atoms with Crippen LogP contribution in [-0.2, 0) is 0 Å². The number of rotatable bonds is 13. The molecule has 4 nitrogen and oxygen atoms in total. The van der Waals surface area contributed by atoms with Gasteiger partial charge in [0.1, 0.15) is 0 Å². The Morgan fingerprint density at radius 2 is 0.609 bits per heavy atom. The highest BCUT2D eigenvalue weighted by Gasteiger charge is 2.53. The highest BCUT2D eigenvalue weighted by Crippen LogP contribution is 2.59. The predicted octanol–water partition coefficient (Wildman–Crippen LogP) is 19.5. The quantitative estimate of drug-likeness (QED) is 0.114. The molecule has 0 aliphatic carbocycles. The molecule has 2 atom stereocenters. The van der Waals surface area contributed by atoms with E-state index in [1.807, 2.05) is 0 Å². The Hall–Kier alpha value is -5.48. The van der Waals surface area contributed by atoms with Gasteiger partial charge in [0.15, 0.2) is 12.3 Å². The fourth-order valence-electron chi connectivity index (χ4n) is 10.8. The summed E-state index contributed by atoms with van der Waals surface area (Å²) in [6, 6.07) is 42.0. The van der Waals surface area contributed by atoms with Crippen molar-refractivity contribution in [3.8, 4) is 0 Å². The van der Waals surface area contributed by atoms with E-state index in [1.165, 1.54) is 107 Å². The van der Waals surface area contributed by atoms with Crippen molar-refractivity contribution >= 4 is 45.5 Å². The average Bonchev–Trinajstić information content (AvgIpc) is 3.79. The Labute approximate surface area is 418 Å². The second kappa shape index (κ2) is 19.4. The molecule has 8 rings (SSSR count). The van der Waals surface area contributed by atoms with Gasteiger partial charge in [-0.3, -0.25) is 0 Å². The molecular formula is C65H84N4. The van der Waals surface area contributed by atoms with Gasteiger partial charge in [-0.05, 0) is 190 Å². The number of nitrogens with zero attached hydrogens (tertiary/aromatic N) is 4. The maximum absolute atomic E-state index is 2.81. The number of hydrogen-bond donors (Lipinski definition) is 0. The zero-order valence-corrected chi connectivity index (χ0v) is 45.9. The molecule has 6 aromatic rings. The van der Waals surface area contributed by atoms with Crippen LogP contribution in [0.3, 0.4) is 0 Å². The molecule has 0 spiro atoms. The summed E-state index contributed by atoms with van der Waals surface area (Å²) in [5.41, 5.74) is 24.9. The van der Waals surface area contributed by atoms with Gasteiger partial charge < -0.3 is 19.6 Å². The first-order valence-corrected chi connectivity index (χ1v) is 26.5. The molecule has 0 N–H and O–H groups in total.